The van der Waals surface area contributed by atoms with Crippen LogP contribution in [0.2, 0.25) is 5.02 Å². The first-order valence-corrected chi connectivity index (χ1v) is 6.99. The van der Waals surface area contributed by atoms with Gasteiger partial charge in [0.2, 0.25) is 0 Å². The van der Waals surface area contributed by atoms with Crippen LogP contribution in [0.1, 0.15) is 30.9 Å². The Balaban J connectivity index is 2.13. The molecule has 1 aromatic carbocycles. The van der Waals surface area contributed by atoms with Crippen LogP contribution in [0, 0.1) is 3.70 Å². The lowest BCUT2D eigenvalue weighted by Gasteiger charge is -2.07. The number of aromatic nitrogens is 2. The van der Waals surface area contributed by atoms with Crippen molar-refractivity contribution in [2.45, 2.75) is 26.3 Å². The van der Waals surface area contributed by atoms with E-state index in [-0.39, 0.29) is 0 Å². The van der Waals surface area contributed by atoms with Crippen molar-refractivity contribution < 1.29 is 0 Å². The van der Waals surface area contributed by atoms with Gasteiger partial charge < -0.3 is 0 Å². The second-order valence-corrected chi connectivity index (χ2v) is 5.79. The van der Waals surface area contributed by atoms with Crippen molar-refractivity contribution in [3.63, 3.8) is 0 Å². The summed E-state index contributed by atoms with van der Waals surface area (Å²) in [4.78, 5) is 0. The summed E-state index contributed by atoms with van der Waals surface area (Å²) in [7, 11) is 0. The van der Waals surface area contributed by atoms with E-state index in [0.717, 1.165) is 10.2 Å². The van der Waals surface area contributed by atoms with E-state index in [2.05, 4.69) is 65.8 Å². The van der Waals surface area contributed by atoms with Crippen LogP contribution in [0.25, 0.3) is 0 Å². The molecular formula is C13H14ClIN2. The molecule has 1 aromatic heterocycles. The van der Waals surface area contributed by atoms with Gasteiger partial charge in [0.15, 0.2) is 0 Å². The summed E-state index contributed by atoms with van der Waals surface area (Å²) in [6.45, 7) is 5.16. The van der Waals surface area contributed by atoms with Crippen molar-refractivity contribution in [3.05, 3.63) is 50.3 Å². The third-order valence-electron chi connectivity index (χ3n) is 2.67. The zero-order valence-corrected chi connectivity index (χ0v) is 12.7. The van der Waals surface area contributed by atoms with Gasteiger partial charge in [0.1, 0.15) is 3.70 Å². The summed E-state index contributed by atoms with van der Waals surface area (Å²) < 4.78 is 2.72. The van der Waals surface area contributed by atoms with E-state index in [9.17, 15) is 0 Å². The molecule has 0 atom stereocenters. The maximum Gasteiger partial charge on any atom is 0.141 e. The van der Waals surface area contributed by atoms with E-state index >= 15 is 0 Å². The first-order valence-electron chi connectivity index (χ1n) is 5.53. The Kier molecular flexibility index (Phi) is 4.09. The quantitative estimate of drug-likeness (QED) is 0.746. The molecule has 2 aromatic rings. The Bertz CT molecular complexity index is 483. The summed E-state index contributed by atoms with van der Waals surface area (Å²) in [6.07, 6.45) is 1.86. The average molecular weight is 361 g/mol. The third kappa shape index (κ3) is 3.22. The predicted molar refractivity (Wildman–Crippen MR) is 79.6 cm³/mol. The fourth-order valence-corrected chi connectivity index (χ4v) is 2.22. The first-order chi connectivity index (χ1) is 8.06. The van der Waals surface area contributed by atoms with E-state index in [4.69, 9.17) is 11.6 Å². The molecule has 17 heavy (non-hydrogen) atoms. The van der Waals surface area contributed by atoms with Crippen molar-refractivity contribution in [3.8, 4) is 0 Å². The first kappa shape index (κ1) is 12.9. The van der Waals surface area contributed by atoms with E-state index in [1.807, 2.05) is 10.9 Å². The monoisotopic (exact) mass is 360 g/mol. The molecule has 0 aliphatic rings. The molecule has 90 valence electrons. The summed E-state index contributed by atoms with van der Waals surface area (Å²) in [5, 5.41) is 5.05. The normalized spacial score (nSPS) is 11.1. The van der Waals surface area contributed by atoms with E-state index in [0.29, 0.717) is 10.9 Å². The molecule has 2 rings (SSSR count). The van der Waals surface area contributed by atoms with Crippen molar-refractivity contribution in [1.29, 1.82) is 0 Å². The lowest BCUT2D eigenvalue weighted by Crippen LogP contribution is -2.00. The van der Waals surface area contributed by atoms with Gasteiger partial charge in [-0.25, -0.2) is 0 Å². The highest BCUT2D eigenvalue weighted by molar-refractivity contribution is 14.1. The highest BCUT2D eigenvalue weighted by Gasteiger charge is 2.04. The smallest absolute Gasteiger partial charge is 0.141 e. The lowest BCUT2D eigenvalue weighted by molar-refractivity contribution is 0.680. The van der Waals surface area contributed by atoms with Crippen molar-refractivity contribution in [1.82, 2.24) is 9.78 Å². The number of hydrogen-bond acceptors (Lipinski definition) is 1. The van der Waals surface area contributed by atoms with Gasteiger partial charge in [0.25, 0.3) is 0 Å². The average Bonchev–Trinajstić information content (AvgIpc) is 2.58. The molecule has 0 spiro atoms. The van der Waals surface area contributed by atoms with E-state index in [1.165, 1.54) is 11.1 Å². The molecule has 0 radical (unpaired) electrons. The largest absolute Gasteiger partial charge is 0.266 e. The van der Waals surface area contributed by atoms with Crippen LogP contribution in [0.3, 0.4) is 0 Å². The molecule has 0 saturated carbocycles. The molecule has 0 unspecified atom stereocenters. The predicted octanol–water partition coefficient (Wildman–Crippen LogP) is 4.31. The Morgan fingerprint density at radius 1 is 1.29 bits per heavy atom. The fraction of sp³-hybridized carbons (Fsp3) is 0.308. The molecule has 0 bridgehead atoms. The lowest BCUT2D eigenvalue weighted by atomic mass is 10.0. The van der Waals surface area contributed by atoms with Gasteiger partial charge in [-0.05, 0) is 39.6 Å². The van der Waals surface area contributed by atoms with Crippen LogP contribution in [0.15, 0.2) is 30.5 Å². The SMILES string of the molecule is CC(C)c1ccc(Cn2cc(Cl)c(I)n2)cc1. The Hall–Kier alpha value is -0.550. The van der Waals surface area contributed by atoms with Gasteiger partial charge in [-0.1, -0.05) is 49.7 Å². The van der Waals surface area contributed by atoms with Gasteiger partial charge in [0.05, 0.1) is 11.6 Å². The maximum absolute atomic E-state index is 5.97. The Labute approximate surface area is 120 Å². The number of rotatable bonds is 3. The second kappa shape index (κ2) is 5.40. The number of benzene rings is 1. The van der Waals surface area contributed by atoms with Crippen molar-refractivity contribution in [2.24, 2.45) is 0 Å². The van der Waals surface area contributed by atoms with Crippen LogP contribution in [-0.4, -0.2) is 9.78 Å². The van der Waals surface area contributed by atoms with E-state index < -0.39 is 0 Å². The minimum absolute atomic E-state index is 0.573. The van der Waals surface area contributed by atoms with Gasteiger partial charge in [0, 0.05) is 6.20 Å². The summed E-state index contributed by atoms with van der Waals surface area (Å²) >= 11 is 8.11. The highest BCUT2D eigenvalue weighted by atomic mass is 127. The minimum atomic E-state index is 0.573. The van der Waals surface area contributed by atoms with Crippen LogP contribution < -0.4 is 0 Å². The fourth-order valence-electron chi connectivity index (χ4n) is 1.65. The molecule has 0 aliphatic heterocycles. The van der Waals surface area contributed by atoms with Gasteiger partial charge >= 0.3 is 0 Å². The summed E-state index contributed by atoms with van der Waals surface area (Å²) in [5.74, 6) is 0.573. The molecule has 0 fully saturated rings. The number of halogens is 2. The third-order valence-corrected chi connectivity index (χ3v) is 4.06. The molecule has 4 heteroatoms. The molecule has 0 saturated heterocycles. The summed E-state index contributed by atoms with van der Waals surface area (Å²) in [5.41, 5.74) is 2.60. The topological polar surface area (TPSA) is 17.8 Å². The molecule has 0 N–H and O–H groups in total. The van der Waals surface area contributed by atoms with Crippen molar-refractivity contribution >= 4 is 34.2 Å². The van der Waals surface area contributed by atoms with Crippen LogP contribution in [-0.2, 0) is 6.54 Å². The molecule has 2 nitrogen and oxygen atoms in total. The Morgan fingerprint density at radius 2 is 1.94 bits per heavy atom. The van der Waals surface area contributed by atoms with Gasteiger partial charge in [-0.3, -0.25) is 4.68 Å². The molecule has 1 heterocycles. The molecule has 0 aliphatic carbocycles. The van der Waals surface area contributed by atoms with Crippen LogP contribution >= 0.6 is 34.2 Å². The standard InChI is InChI=1S/C13H14ClIN2/c1-9(2)11-5-3-10(4-6-11)7-17-8-12(14)13(15)16-17/h3-6,8-9H,7H2,1-2H3. The minimum Gasteiger partial charge on any atom is -0.266 e. The van der Waals surface area contributed by atoms with E-state index in [1.54, 1.807) is 0 Å². The number of nitrogens with zero attached hydrogens (tertiary/aromatic N) is 2. The number of hydrogen-bond donors (Lipinski definition) is 0. The van der Waals surface area contributed by atoms with Crippen LogP contribution in [0.4, 0.5) is 0 Å². The molecular weight excluding hydrogens is 347 g/mol. The van der Waals surface area contributed by atoms with Crippen molar-refractivity contribution in [2.75, 3.05) is 0 Å². The van der Waals surface area contributed by atoms with Gasteiger partial charge in [-0.15, -0.1) is 0 Å². The van der Waals surface area contributed by atoms with Crippen LogP contribution in [0.5, 0.6) is 0 Å². The highest BCUT2D eigenvalue weighted by Crippen LogP contribution is 2.18. The summed E-state index contributed by atoms with van der Waals surface area (Å²) in [6, 6.07) is 8.65. The second-order valence-electron chi connectivity index (χ2n) is 4.36. The molecule has 0 amide bonds. The van der Waals surface area contributed by atoms with Gasteiger partial charge in [-0.2, -0.15) is 5.10 Å². The Morgan fingerprint density at radius 3 is 2.41 bits per heavy atom. The maximum atomic E-state index is 5.97. The zero-order chi connectivity index (χ0) is 12.4. The zero-order valence-electron chi connectivity index (χ0n) is 9.82.